The van der Waals surface area contributed by atoms with Crippen LogP contribution >= 0.6 is 23.2 Å². The number of anilines is 1. The van der Waals surface area contributed by atoms with Crippen LogP contribution in [-0.4, -0.2) is 18.0 Å². The van der Waals surface area contributed by atoms with Gasteiger partial charge in [0.2, 0.25) is 0 Å². The predicted octanol–water partition coefficient (Wildman–Crippen LogP) is 5.12. The fourth-order valence-corrected chi connectivity index (χ4v) is 2.83. The number of hydrogen-bond acceptors (Lipinski definition) is 2. The number of amides is 1. The SMILES string of the molecule is CCNC(=O)c1c(NC(CC)(CC)CC)ccc(Cl)c1Cl. The minimum absolute atomic E-state index is 0.0433. The van der Waals surface area contributed by atoms with Crippen LogP contribution in [0.15, 0.2) is 12.1 Å². The van der Waals surface area contributed by atoms with Crippen molar-refractivity contribution in [1.29, 1.82) is 0 Å². The second-order valence-electron chi connectivity index (χ2n) is 5.11. The molecule has 118 valence electrons. The third-order valence-electron chi connectivity index (χ3n) is 4.09. The third kappa shape index (κ3) is 4.04. The molecule has 0 aliphatic carbocycles. The zero-order chi connectivity index (χ0) is 16.0. The van der Waals surface area contributed by atoms with Crippen LogP contribution in [0.5, 0.6) is 0 Å². The topological polar surface area (TPSA) is 41.1 Å². The highest BCUT2D eigenvalue weighted by atomic mass is 35.5. The van der Waals surface area contributed by atoms with Gasteiger partial charge in [0.15, 0.2) is 0 Å². The van der Waals surface area contributed by atoms with E-state index in [0.29, 0.717) is 22.2 Å². The lowest BCUT2D eigenvalue weighted by Crippen LogP contribution is -2.37. The van der Waals surface area contributed by atoms with Crippen molar-refractivity contribution in [3.63, 3.8) is 0 Å². The first-order valence-electron chi connectivity index (χ1n) is 7.49. The van der Waals surface area contributed by atoms with E-state index in [1.165, 1.54) is 0 Å². The van der Waals surface area contributed by atoms with Crippen molar-refractivity contribution < 1.29 is 4.79 Å². The van der Waals surface area contributed by atoms with Gasteiger partial charge in [0, 0.05) is 17.8 Å². The number of carbonyl (C=O) groups is 1. The summed E-state index contributed by atoms with van der Waals surface area (Å²) >= 11 is 12.3. The summed E-state index contributed by atoms with van der Waals surface area (Å²) in [6.45, 7) is 8.84. The van der Waals surface area contributed by atoms with Crippen LogP contribution in [0.25, 0.3) is 0 Å². The zero-order valence-electron chi connectivity index (χ0n) is 13.1. The van der Waals surface area contributed by atoms with Crippen molar-refractivity contribution in [1.82, 2.24) is 5.32 Å². The molecule has 2 N–H and O–H groups in total. The van der Waals surface area contributed by atoms with E-state index in [-0.39, 0.29) is 11.4 Å². The number of halogens is 2. The molecule has 0 aliphatic heterocycles. The Kier molecular flexibility index (Phi) is 6.82. The van der Waals surface area contributed by atoms with E-state index in [0.717, 1.165) is 24.9 Å². The Morgan fingerprint density at radius 3 is 2.14 bits per heavy atom. The van der Waals surface area contributed by atoms with E-state index < -0.39 is 0 Å². The molecular formula is C16H24Cl2N2O. The summed E-state index contributed by atoms with van der Waals surface area (Å²) in [7, 11) is 0. The minimum atomic E-state index is -0.204. The van der Waals surface area contributed by atoms with Gasteiger partial charge in [-0.3, -0.25) is 4.79 Å². The number of hydrogen-bond donors (Lipinski definition) is 2. The Balaban J connectivity index is 3.29. The second-order valence-corrected chi connectivity index (χ2v) is 5.89. The molecule has 0 saturated carbocycles. The molecular weight excluding hydrogens is 307 g/mol. The molecule has 0 radical (unpaired) electrons. The largest absolute Gasteiger partial charge is 0.379 e. The maximum absolute atomic E-state index is 12.3. The van der Waals surface area contributed by atoms with Gasteiger partial charge in [-0.2, -0.15) is 0 Å². The molecule has 5 heteroatoms. The van der Waals surface area contributed by atoms with Crippen LogP contribution in [0.2, 0.25) is 10.0 Å². The van der Waals surface area contributed by atoms with Crippen molar-refractivity contribution in [3.8, 4) is 0 Å². The molecule has 1 aromatic rings. The Morgan fingerprint density at radius 2 is 1.67 bits per heavy atom. The fourth-order valence-electron chi connectivity index (χ4n) is 2.43. The first-order chi connectivity index (χ1) is 9.94. The van der Waals surface area contributed by atoms with Crippen molar-refractivity contribution in [2.24, 2.45) is 0 Å². The Morgan fingerprint density at radius 1 is 1.10 bits per heavy atom. The minimum Gasteiger partial charge on any atom is -0.379 e. The van der Waals surface area contributed by atoms with Crippen LogP contribution in [0.1, 0.15) is 57.3 Å². The first-order valence-corrected chi connectivity index (χ1v) is 8.24. The average molecular weight is 331 g/mol. The first kappa shape index (κ1) is 18.1. The quantitative estimate of drug-likeness (QED) is 0.728. The van der Waals surface area contributed by atoms with Crippen LogP contribution in [0.4, 0.5) is 5.69 Å². The highest BCUT2D eigenvalue weighted by Gasteiger charge is 2.27. The van der Waals surface area contributed by atoms with E-state index in [9.17, 15) is 4.79 Å². The molecule has 1 amide bonds. The standard InChI is InChI=1S/C16H24Cl2N2O/c1-5-16(6-2,7-3)20-12-10-9-11(17)14(18)13(12)15(21)19-8-4/h9-10,20H,5-8H2,1-4H3,(H,19,21). The van der Waals surface area contributed by atoms with Gasteiger partial charge in [-0.25, -0.2) is 0 Å². The number of benzene rings is 1. The summed E-state index contributed by atoms with van der Waals surface area (Å²) in [5, 5.41) is 6.99. The number of rotatable bonds is 7. The summed E-state index contributed by atoms with van der Waals surface area (Å²) in [6, 6.07) is 3.55. The zero-order valence-corrected chi connectivity index (χ0v) is 14.7. The van der Waals surface area contributed by atoms with Crippen LogP contribution in [0.3, 0.4) is 0 Å². The van der Waals surface area contributed by atoms with E-state index in [2.05, 4.69) is 31.4 Å². The molecule has 0 aromatic heterocycles. The monoisotopic (exact) mass is 330 g/mol. The predicted molar refractivity (Wildman–Crippen MR) is 91.7 cm³/mol. The normalized spacial score (nSPS) is 11.3. The van der Waals surface area contributed by atoms with Gasteiger partial charge >= 0.3 is 0 Å². The summed E-state index contributed by atoms with van der Waals surface area (Å²) < 4.78 is 0. The molecule has 1 aromatic carbocycles. The highest BCUT2D eigenvalue weighted by Crippen LogP contribution is 2.35. The molecule has 21 heavy (non-hydrogen) atoms. The van der Waals surface area contributed by atoms with Crippen molar-refractivity contribution >= 4 is 34.8 Å². The Hall–Kier alpha value is -0.930. The van der Waals surface area contributed by atoms with Gasteiger partial charge in [-0.1, -0.05) is 44.0 Å². The lowest BCUT2D eigenvalue weighted by molar-refractivity contribution is 0.0956. The second kappa shape index (κ2) is 7.90. The third-order valence-corrected chi connectivity index (χ3v) is 4.89. The maximum atomic E-state index is 12.3. The summed E-state index contributed by atoms with van der Waals surface area (Å²) in [4.78, 5) is 12.3. The van der Waals surface area contributed by atoms with E-state index in [1.54, 1.807) is 6.07 Å². The van der Waals surface area contributed by atoms with Crippen LogP contribution < -0.4 is 10.6 Å². The molecule has 0 atom stereocenters. The highest BCUT2D eigenvalue weighted by molar-refractivity contribution is 6.44. The lowest BCUT2D eigenvalue weighted by Gasteiger charge is -2.34. The molecule has 0 unspecified atom stereocenters. The summed E-state index contributed by atoms with van der Waals surface area (Å²) in [5.41, 5.74) is 1.12. The fraction of sp³-hybridized carbons (Fsp3) is 0.562. The molecule has 0 bridgehead atoms. The van der Waals surface area contributed by atoms with Crippen LogP contribution in [0, 0.1) is 0 Å². The molecule has 0 heterocycles. The molecule has 0 saturated heterocycles. The average Bonchev–Trinajstić information content (AvgIpc) is 2.49. The summed E-state index contributed by atoms with van der Waals surface area (Å²) in [5.74, 6) is -0.204. The molecule has 0 fully saturated rings. The Labute approximate surface area is 137 Å². The van der Waals surface area contributed by atoms with Gasteiger partial charge in [0.05, 0.1) is 15.6 Å². The summed E-state index contributed by atoms with van der Waals surface area (Å²) in [6.07, 6.45) is 2.90. The van der Waals surface area contributed by atoms with Crippen molar-refractivity contribution in [2.45, 2.75) is 52.5 Å². The van der Waals surface area contributed by atoms with Gasteiger partial charge < -0.3 is 10.6 Å². The molecule has 0 spiro atoms. The van der Waals surface area contributed by atoms with Gasteiger partial charge in [0.1, 0.15) is 0 Å². The lowest BCUT2D eigenvalue weighted by atomic mass is 9.89. The Bertz CT molecular complexity index is 491. The van der Waals surface area contributed by atoms with Gasteiger partial charge in [-0.15, -0.1) is 0 Å². The molecule has 3 nitrogen and oxygen atoms in total. The van der Waals surface area contributed by atoms with E-state index in [1.807, 2.05) is 13.0 Å². The van der Waals surface area contributed by atoms with Crippen LogP contribution in [-0.2, 0) is 0 Å². The van der Waals surface area contributed by atoms with Gasteiger partial charge in [-0.05, 0) is 38.3 Å². The number of carbonyl (C=O) groups excluding carboxylic acids is 1. The van der Waals surface area contributed by atoms with Crippen molar-refractivity contribution in [2.75, 3.05) is 11.9 Å². The molecule has 0 aliphatic rings. The van der Waals surface area contributed by atoms with E-state index in [4.69, 9.17) is 23.2 Å². The smallest absolute Gasteiger partial charge is 0.254 e. The van der Waals surface area contributed by atoms with Crippen molar-refractivity contribution in [3.05, 3.63) is 27.7 Å². The maximum Gasteiger partial charge on any atom is 0.254 e. The number of nitrogens with one attached hydrogen (secondary N) is 2. The van der Waals surface area contributed by atoms with E-state index >= 15 is 0 Å². The molecule has 1 rings (SSSR count). The van der Waals surface area contributed by atoms with Gasteiger partial charge in [0.25, 0.3) is 5.91 Å².